The molecule has 0 aromatic heterocycles. The summed E-state index contributed by atoms with van der Waals surface area (Å²) in [5, 5.41) is 0. The number of fused-ring (bicyclic) bond motifs is 1. The van der Waals surface area contributed by atoms with Crippen molar-refractivity contribution < 1.29 is 4.74 Å². The van der Waals surface area contributed by atoms with Crippen molar-refractivity contribution in [2.75, 3.05) is 20.2 Å². The molecule has 0 amide bonds. The van der Waals surface area contributed by atoms with Crippen molar-refractivity contribution in [1.82, 2.24) is 4.90 Å². The van der Waals surface area contributed by atoms with Crippen LogP contribution in [0.15, 0.2) is 18.2 Å². The predicted molar refractivity (Wildman–Crippen MR) is 83.5 cm³/mol. The lowest BCUT2D eigenvalue weighted by atomic mass is 9.80. The summed E-state index contributed by atoms with van der Waals surface area (Å²) < 4.78 is 5.42. The van der Waals surface area contributed by atoms with E-state index in [0.29, 0.717) is 6.04 Å². The molecule has 20 heavy (non-hydrogen) atoms. The number of benzene rings is 1. The van der Waals surface area contributed by atoms with Gasteiger partial charge in [0.05, 0.1) is 7.11 Å². The maximum absolute atomic E-state index is 5.42. The molecule has 2 aliphatic rings. The van der Waals surface area contributed by atoms with Gasteiger partial charge < -0.3 is 9.64 Å². The summed E-state index contributed by atoms with van der Waals surface area (Å²) in [6, 6.07) is 7.38. The van der Waals surface area contributed by atoms with Gasteiger partial charge in [-0.25, -0.2) is 0 Å². The van der Waals surface area contributed by atoms with Gasteiger partial charge in [-0.05, 0) is 87.7 Å². The van der Waals surface area contributed by atoms with E-state index in [1.807, 2.05) is 0 Å². The highest BCUT2D eigenvalue weighted by molar-refractivity contribution is 5.41. The highest BCUT2D eigenvalue weighted by Crippen LogP contribution is 2.43. The molecule has 0 N–H and O–H groups in total. The van der Waals surface area contributed by atoms with Crippen LogP contribution in [0.5, 0.6) is 5.75 Å². The molecule has 0 spiro atoms. The molecule has 1 aromatic carbocycles. The predicted octanol–water partition coefficient (Wildman–Crippen LogP) is 3.85. The average molecular weight is 273 g/mol. The van der Waals surface area contributed by atoms with E-state index in [4.69, 9.17) is 4.74 Å². The first-order valence-corrected chi connectivity index (χ1v) is 8.10. The fourth-order valence-electron chi connectivity index (χ4n) is 4.07. The monoisotopic (exact) mass is 273 g/mol. The zero-order valence-electron chi connectivity index (χ0n) is 13.1. The normalized spacial score (nSPS) is 24.1. The van der Waals surface area contributed by atoms with E-state index in [1.165, 1.54) is 38.8 Å². The Morgan fingerprint density at radius 3 is 2.55 bits per heavy atom. The van der Waals surface area contributed by atoms with Gasteiger partial charge in [0, 0.05) is 6.04 Å². The molecule has 1 atom stereocenters. The third-order valence-corrected chi connectivity index (χ3v) is 5.35. The fourth-order valence-corrected chi connectivity index (χ4v) is 4.07. The fraction of sp³-hybridized carbons (Fsp3) is 0.667. The first-order valence-electron chi connectivity index (χ1n) is 8.10. The quantitative estimate of drug-likeness (QED) is 0.829. The minimum absolute atomic E-state index is 0.701. The minimum atomic E-state index is 0.701. The minimum Gasteiger partial charge on any atom is -0.497 e. The van der Waals surface area contributed by atoms with Crippen LogP contribution in [-0.4, -0.2) is 31.1 Å². The van der Waals surface area contributed by atoms with Crippen molar-refractivity contribution in [3.05, 3.63) is 29.3 Å². The van der Waals surface area contributed by atoms with Crippen molar-refractivity contribution in [1.29, 1.82) is 0 Å². The molecule has 1 unspecified atom stereocenters. The van der Waals surface area contributed by atoms with Gasteiger partial charge in [-0.1, -0.05) is 6.07 Å². The number of methoxy groups -OCH3 is 1. The third kappa shape index (κ3) is 2.58. The van der Waals surface area contributed by atoms with E-state index in [9.17, 15) is 0 Å². The molecular formula is C18H27NO. The Kier molecular flexibility index (Phi) is 4.02. The largest absolute Gasteiger partial charge is 0.497 e. The second kappa shape index (κ2) is 5.77. The molecule has 1 aromatic rings. The zero-order valence-corrected chi connectivity index (χ0v) is 13.1. The Labute approximate surface area is 123 Å². The van der Waals surface area contributed by atoms with Gasteiger partial charge in [0.15, 0.2) is 0 Å². The lowest BCUT2D eigenvalue weighted by molar-refractivity contribution is 0.137. The maximum Gasteiger partial charge on any atom is 0.119 e. The molecule has 1 aliphatic carbocycles. The van der Waals surface area contributed by atoms with Crippen LogP contribution in [0.1, 0.15) is 50.2 Å². The lowest BCUT2D eigenvalue weighted by Gasteiger charge is -2.37. The van der Waals surface area contributed by atoms with Gasteiger partial charge in [0.25, 0.3) is 0 Å². The van der Waals surface area contributed by atoms with Gasteiger partial charge in [0.1, 0.15) is 5.75 Å². The highest BCUT2D eigenvalue weighted by Gasteiger charge is 2.32. The molecule has 1 heterocycles. The van der Waals surface area contributed by atoms with Gasteiger partial charge >= 0.3 is 0 Å². The van der Waals surface area contributed by atoms with Crippen LogP contribution in [0.4, 0.5) is 0 Å². The van der Waals surface area contributed by atoms with Gasteiger partial charge in [-0.3, -0.25) is 0 Å². The van der Waals surface area contributed by atoms with Crippen LogP contribution in [0.2, 0.25) is 0 Å². The Balaban J connectivity index is 1.72. The van der Waals surface area contributed by atoms with Gasteiger partial charge in [-0.15, -0.1) is 0 Å². The van der Waals surface area contributed by atoms with Crippen LogP contribution in [0.25, 0.3) is 0 Å². The molecule has 0 bridgehead atoms. The molecule has 1 aliphatic heterocycles. The number of hydrogen-bond donors (Lipinski definition) is 0. The Bertz CT molecular complexity index is 460. The van der Waals surface area contributed by atoms with Crippen molar-refractivity contribution in [2.45, 2.75) is 51.5 Å². The summed E-state index contributed by atoms with van der Waals surface area (Å²) in [5.74, 6) is 2.67. The van der Waals surface area contributed by atoms with Crippen molar-refractivity contribution in [2.24, 2.45) is 5.92 Å². The number of aryl methyl sites for hydroxylation is 1. The molecule has 110 valence electrons. The Morgan fingerprint density at radius 1 is 1.15 bits per heavy atom. The number of likely N-dealkylation sites (tertiary alicyclic amines) is 1. The molecule has 3 rings (SSSR count). The van der Waals surface area contributed by atoms with E-state index >= 15 is 0 Å². The molecule has 2 nitrogen and oxygen atoms in total. The second-order valence-corrected chi connectivity index (χ2v) is 6.68. The molecular weight excluding hydrogens is 246 g/mol. The molecule has 2 heteroatoms. The summed E-state index contributed by atoms with van der Waals surface area (Å²) in [6.07, 6.45) is 5.32. The third-order valence-electron chi connectivity index (χ3n) is 5.35. The van der Waals surface area contributed by atoms with E-state index in [0.717, 1.165) is 17.6 Å². The molecule has 1 saturated heterocycles. The number of nitrogens with zero attached hydrogens (tertiary/aromatic N) is 1. The molecule has 0 saturated carbocycles. The summed E-state index contributed by atoms with van der Waals surface area (Å²) in [7, 11) is 1.77. The van der Waals surface area contributed by atoms with Crippen LogP contribution in [0.3, 0.4) is 0 Å². The van der Waals surface area contributed by atoms with Gasteiger partial charge in [0.2, 0.25) is 0 Å². The highest BCUT2D eigenvalue weighted by atomic mass is 16.5. The van der Waals surface area contributed by atoms with Crippen LogP contribution < -0.4 is 4.74 Å². The number of ether oxygens (including phenoxy) is 1. The SMILES string of the molecule is COc1ccc2c(c1)C(C1CCN(C(C)C)CC1)CC2. The Morgan fingerprint density at radius 2 is 1.90 bits per heavy atom. The van der Waals surface area contributed by atoms with E-state index in [-0.39, 0.29) is 0 Å². The van der Waals surface area contributed by atoms with Crippen LogP contribution in [0, 0.1) is 5.92 Å². The first-order chi connectivity index (χ1) is 9.69. The van der Waals surface area contributed by atoms with E-state index < -0.39 is 0 Å². The zero-order chi connectivity index (χ0) is 14.1. The smallest absolute Gasteiger partial charge is 0.119 e. The van der Waals surface area contributed by atoms with E-state index in [2.05, 4.69) is 36.9 Å². The average Bonchev–Trinajstić information content (AvgIpc) is 2.90. The van der Waals surface area contributed by atoms with E-state index in [1.54, 1.807) is 18.2 Å². The topological polar surface area (TPSA) is 12.5 Å². The lowest BCUT2D eigenvalue weighted by Crippen LogP contribution is -2.39. The summed E-state index contributed by atoms with van der Waals surface area (Å²) in [5.41, 5.74) is 3.13. The second-order valence-electron chi connectivity index (χ2n) is 6.68. The molecule has 0 radical (unpaired) electrons. The van der Waals surface area contributed by atoms with Crippen LogP contribution in [-0.2, 0) is 6.42 Å². The summed E-state index contributed by atoms with van der Waals surface area (Å²) >= 11 is 0. The number of piperidine rings is 1. The number of rotatable bonds is 3. The number of hydrogen-bond acceptors (Lipinski definition) is 2. The maximum atomic E-state index is 5.42. The first kappa shape index (κ1) is 13.9. The van der Waals surface area contributed by atoms with Crippen molar-refractivity contribution >= 4 is 0 Å². The summed E-state index contributed by atoms with van der Waals surface area (Å²) in [6.45, 7) is 7.18. The van der Waals surface area contributed by atoms with Crippen molar-refractivity contribution in [3.63, 3.8) is 0 Å². The van der Waals surface area contributed by atoms with Crippen LogP contribution >= 0.6 is 0 Å². The molecule has 1 fully saturated rings. The Hall–Kier alpha value is -1.02. The van der Waals surface area contributed by atoms with Gasteiger partial charge in [-0.2, -0.15) is 0 Å². The standard InChI is InChI=1S/C18H27NO/c1-13(2)19-10-8-15(9-11-19)17-7-5-14-4-6-16(20-3)12-18(14)17/h4,6,12-13,15,17H,5,7-11H2,1-3H3. The van der Waals surface area contributed by atoms with Crippen molar-refractivity contribution in [3.8, 4) is 5.75 Å². The summed E-state index contributed by atoms with van der Waals surface area (Å²) in [4.78, 5) is 2.62.